The van der Waals surface area contributed by atoms with Crippen molar-refractivity contribution in [2.24, 2.45) is 0 Å². The van der Waals surface area contributed by atoms with Gasteiger partial charge in [-0.05, 0) is 84.9 Å². The number of nitrogens with zero attached hydrogens (tertiary/aromatic N) is 1. The van der Waals surface area contributed by atoms with Crippen LogP contribution in [0.5, 0.6) is 5.75 Å². The molecule has 0 bridgehead atoms. The number of nitrogens with one attached hydrogen (secondary N) is 1. The van der Waals surface area contributed by atoms with E-state index in [0.29, 0.717) is 19.2 Å². The highest BCUT2D eigenvalue weighted by atomic mass is 32.1. The number of carbonyl (C=O) groups excluding carboxylic acids is 1. The van der Waals surface area contributed by atoms with Crippen LogP contribution in [-0.4, -0.2) is 30.1 Å². The van der Waals surface area contributed by atoms with E-state index in [2.05, 4.69) is 83.4 Å². The van der Waals surface area contributed by atoms with Crippen molar-refractivity contribution in [3.63, 3.8) is 0 Å². The van der Waals surface area contributed by atoms with Crippen LogP contribution in [0.3, 0.4) is 0 Å². The van der Waals surface area contributed by atoms with Crippen molar-refractivity contribution >= 4 is 17.4 Å². The molecule has 1 aromatic carbocycles. The number of carbonyl (C=O) groups is 1. The Hall–Kier alpha value is -2.01. The number of aryl methyl sites for hydroxylation is 1. The summed E-state index contributed by atoms with van der Waals surface area (Å²) in [4.78, 5) is 16.5. The number of hydrogen-bond acceptors (Lipinski definition) is 3. The van der Waals surface area contributed by atoms with Crippen molar-refractivity contribution in [1.82, 2.24) is 10.2 Å². The largest absolute Gasteiger partial charge is 0.493 e. The molecule has 1 aliphatic rings. The Morgan fingerprint density at radius 2 is 1.74 bits per heavy atom. The molecule has 2 aromatic rings. The van der Waals surface area contributed by atoms with Gasteiger partial charge in [-0.25, -0.2) is 4.79 Å². The van der Waals surface area contributed by atoms with Gasteiger partial charge in [0.2, 0.25) is 0 Å². The molecule has 1 aliphatic carbocycles. The summed E-state index contributed by atoms with van der Waals surface area (Å²) >= 11 is 1.75. The standard InChI is InChI=1S/C33H52N2O2S/c1-8-32(4,5)26-17-18-29(28(23-26)33(6,7)9-2)37-21-14-13-20-35(24-30-25(3)19-22-38-30)31(36)34-27-15-11-10-12-16-27/h17-19,22-23,27H,8-16,20-21,24H2,1-7H3,(H,34,36). The molecule has 0 atom stereocenters. The Morgan fingerprint density at radius 1 is 1.03 bits per heavy atom. The monoisotopic (exact) mass is 540 g/mol. The van der Waals surface area contributed by atoms with Gasteiger partial charge >= 0.3 is 6.03 Å². The van der Waals surface area contributed by atoms with E-state index in [4.69, 9.17) is 4.74 Å². The molecular weight excluding hydrogens is 488 g/mol. The highest BCUT2D eigenvalue weighted by molar-refractivity contribution is 7.10. The maximum absolute atomic E-state index is 13.2. The molecule has 1 heterocycles. The van der Waals surface area contributed by atoms with Crippen LogP contribution in [0, 0.1) is 6.92 Å². The molecule has 1 aromatic heterocycles. The minimum atomic E-state index is 0.0573. The predicted molar refractivity (Wildman–Crippen MR) is 163 cm³/mol. The van der Waals surface area contributed by atoms with Gasteiger partial charge in [0.25, 0.3) is 0 Å². The molecule has 1 fully saturated rings. The highest BCUT2D eigenvalue weighted by Crippen LogP contribution is 2.38. The van der Waals surface area contributed by atoms with Crippen LogP contribution in [0.2, 0.25) is 0 Å². The first kappa shape index (κ1) is 30.5. The third kappa shape index (κ3) is 8.24. The van der Waals surface area contributed by atoms with Crippen molar-refractivity contribution in [2.75, 3.05) is 13.2 Å². The zero-order valence-corrected chi connectivity index (χ0v) is 25.9. The summed E-state index contributed by atoms with van der Waals surface area (Å²) in [5.74, 6) is 1.01. The maximum atomic E-state index is 13.2. The van der Waals surface area contributed by atoms with Crippen LogP contribution in [0.4, 0.5) is 4.79 Å². The molecule has 5 heteroatoms. The Morgan fingerprint density at radius 3 is 2.37 bits per heavy atom. The van der Waals surface area contributed by atoms with Crippen LogP contribution in [0.15, 0.2) is 29.6 Å². The van der Waals surface area contributed by atoms with E-state index in [-0.39, 0.29) is 16.9 Å². The van der Waals surface area contributed by atoms with Crippen LogP contribution in [0.25, 0.3) is 0 Å². The molecule has 1 saturated carbocycles. The molecule has 4 nitrogen and oxygen atoms in total. The highest BCUT2D eigenvalue weighted by Gasteiger charge is 2.27. The average Bonchev–Trinajstić information content (AvgIpc) is 3.32. The lowest BCUT2D eigenvalue weighted by molar-refractivity contribution is 0.184. The number of unbranched alkanes of at least 4 members (excludes halogenated alkanes) is 1. The van der Waals surface area contributed by atoms with Gasteiger partial charge in [0.05, 0.1) is 13.2 Å². The average molecular weight is 541 g/mol. The summed E-state index contributed by atoms with van der Waals surface area (Å²) in [7, 11) is 0. The lowest BCUT2D eigenvalue weighted by Gasteiger charge is -2.30. The van der Waals surface area contributed by atoms with Crippen molar-refractivity contribution in [1.29, 1.82) is 0 Å². The molecule has 0 aliphatic heterocycles. The lowest BCUT2D eigenvalue weighted by atomic mass is 9.76. The summed E-state index contributed by atoms with van der Waals surface area (Å²) < 4.78 is 6.40. The number of amides is 2. The second-order valence-corrected chi connectivity index (χ2v) is 13.5. The fraction of sp³-hybridized carbons (Fsp3) is 0.667. The Kier molecular flexibility index (Phi) is 11.1. The SMILES string of the molecule is CCC(C)(C)c1ccc(OCCCCN(Cc2sccc2C)C(=O)NC2CCCCC2)c(C(C)(C)CC)c1. The van der Waals surface area contributed by atoms with Crippen molar-refractivity contribution < 1.29 is 9.53 Å². The number of ether oxygens (including phenoxy) is 1. The molecule has 0 radical (unpaired) electrons. The Bertz CT molecular complexity index is 1020. The van der Waals surface area contributed by atoms with E-state index < -0.39 is 0 Å². The number of benzene rings is 1. The predicted octanol–water partition coefficient (Wildman–Crippen LogP) is 9.14. The molecule has 38 heavy (non-hydrogen) atoms. The maximum Gasteiger partial charge on any atom is 0.317 e. The van der Waals surface area contributed by atoms with Gasteiger partial charge in [-0.2, -0.15) is 0 Å². The van der Waals surface area contributed by atoms with E-state index in [9.17, 15) is 4.79 Å². The van der Waals surface area contributed by atoms with Gasteiger partial charge in [0, 0.05) is 23.0 Å². The van der Waals surface area contributed by atoms with Crippen LogP contribution >= 0.6 is 11.3 Å². The summed E-state index contributed by atoms with van der Waals surface area (Å²) in [5, 5.41) is 5.45. The normalized spacial score (nSPS) is 14.9. The molecule has 0 saturated heterocycles. The molecule has 0 spiro atoms. The second kappa shape index (κ2) is 13.9. The number of rotatable bonds is 13. The fourth-order valence-electron chi connectivity index (χ4n) is 5.09. The van der Waals surface area contributed by atoms with Crippen molar-refractivity contribution in [3.8, 4) is 5.75 Å². The van der Waals surface area contributed by atoms with Gasteiger partial charge in [0.15, 0.2) is 0 Å². The van der Waals surface area contributed by atoms with Gasteiger partial charge in [0.1, 0.15) is 5.75 Å². The van der Waals surface area contributed by atoms with E-state index in [1.165, 1.54) is 40.8 Å². The molecule has 3 rings (SSSR count). The first-order valence-corrected chi connectivity index (χ1v) is 15.8. The van der Waals surface area contributed by atoms with Crippen molar-refractivity contribution in [2.45, 2.75) is 130 Å². The minimum Gasteiger partial charge on any atom is -0.493 e. The van der Waals surface area contributed by atoms with Gasteiger partial charge in [-0.3, -0.25) is 0 Å². The first-order valence-electron chi connectivity index (χ1n) is 14.9. The van der Waals surface area contributed by atoms with E-state index in [1.807, 2.05) is 4.90 Å². The van der Waals surface area contributed by atoms with E-state index in [0.717, 1.165) is 50.8 Å². The summed E-state index contributed by atoms with van der Waals surface area (Å²) in [6.07, 6.45) is 9.97. The van der Waals surface area contributed by atoms with Crippen LogP contribution in [0.1, 0.15) is 121 Å². The molecular formula is C33H52N2O2S. The lowest BCUT2D eigenvalue weighted by Crippen LogP contribution is -2.45. The summed E-state index contributed by atoms with van der Waals surface area (Å²) in [6.45, 7) is 18.0. The molecule has 212 valence electrons. The molecule has 2 amide bonds. The topological polar surface area (TPSA) is 41.6 Å². The quantitative estimate of drug-likeness (QED) is 0.257. The number of thiophene rings is 1. The number of urea groups is 1. The van der Waals surface area contributed by atoms with Gasteiger partial charge in [-0.1, -0.05) is 72.9 Å². The van der Waals surface area contributed by atoms with Gasteiger partial charge < -0.3 is 15.0 Å². The van der Waals surface area contributed by atoms with E-state index in [1.54, 1.807) is 11.3 Å². The minimum absolute atomic E-state index is 0.0573. The fourth-order valence-corrected chi connectivity index (χ4v) is 6.01. The summed E-state index contributed by atoms with van der Waals surface area (Å²) in [5.41, 5.74) is 4.17. The van der Waals surface area contributed by atoms with E-state index >= 15 is 0 Å². The Balaban J connectivity index is 1.61. The number of hydrogen-bond donors (Lipinski definition) is 1. The first-order chi connectivity index (χ1) is 18.1. The zero-order chi connectivity index (χ0) is 27.8. The third-order valence-corrected chi connectivity index (χ3v) is 9.87. The molecule has 0 unspecified atom stereocenters. The second-order valence-electron chi connectivity index (χ2n) is 12.5. The summed E-state index contributed by atoms with van der Waals surface area (Å²) in [6, 6.07) is 9.37. The van der Waals surface area contributed by atoms with Crippen LogP contribution in [-0.2, 0) is 17.4 Å². The molecule has 1 N–H and O–H groups in total. The van der Waals surface area contributed by atoms with Crippen molar-refractivity contribution in [3.05, 3.63) is 51.2 Å². The van der Waals surface area contributed by atoms with Gasteiger partial charge in [-0.15, -0.1) is 11.3 Å². The smallest absolute Gasteiger partial charge is 0.317 e. The third-order valence-electron chi connectivity index (χ3n) is 8.86. The van der Waals surface area contributed by atoms with Crippen LogP contribution < -0.4 is 10.1 Å². The Labute approximate surface area is 236 Å². The zero-order valence-electron chi connectivity index (χ0n) is 25.1.